The van der Waals surface area contributed by atoms with Gasteiger partial charge < -0.3 is 14.8 Å². The zero-order valence-electron chi connectivity index (χ0n) is 9.12. The van der Waals surface area contributed by atoms with Crippen molar-refractivity contribution in [1.29, 1.82) is 0 Å². The summed E-state index contributed by atoms with van der Waals surface area (Å²) >= 11 is 0. The van der Waals surface area contributed by atoms with Crippen molar-refractivity contribution in [2.45, 2.75) is 45.3 Å². The van der Waals surface area contributed by atoms with Gasteiger partial charge in [-0.15, -0.1) is 0 Å². The normalized spacial score (nSPS) is 24.5. The van der Waals surface area contributed by atoms with Crippen molar-refractivity contribution in [3.8, 4) is 0 Å². The molecule has 1 rings (SSSR count). The smallest absolute Gasteiger partial charge is 0.408 e. The van der Waals surface area contributed by atoms with Gasteiger partial charge in [-0.05, 0) is 19.8 Å². The highest BCUT2D eigenvalue weighted by molar-refractivity contribution is 5.84. The summed E-state index contributed by atoms with van der Waals surface area (Å²) in [6, 6.07) is -0.635. The molecule has 2 atom stereocenters. The van der Waals surface area contributed by atoms with Crippen molar-refractivity contribution in [3.05, 3.63) is 0 Å². The fraction of sp³-hybridized carbons (Fsp3) is 0.800. The molecule has 1 amide bonds. The van der Waals surface area contributed by atoms with E-state index < -0.39 is 18.1 Å². The lowest BCUT2D eigenvalue weighted by Gasteiger charge is -2.14. The molecule has 1 aliphatic heterocycles. The monoisotopic (exact) mass is 215 g/mol. The second kappa shape index (κ2) is 5.58. The summed E-state index contributed by atoms with van der Waals surface area (Å²) in [6.07, 6.45) is 1.71. The molecule has 0 aromatic carbocycles. The number of esters is 1. The molecule has 0 aliphatic carbocycles. The number of amides is 1. The molecule has 0 spiro atoms. The summed E-state index contributed by atoms with van der Waals surface area (Å²) in [5.74, 6) is -0.413. The van der Waals surface area contributed by atoms with E-state index in [1.54, 1.807) is 6.92 Å². The highest BCUT2D eigenvalue weighted by atomic mass is 16.6. The lowest BCUT2D eigenvalue weighted by molar-refractivity contribution is -0.146. The van der Waals surface area contributed by atoms with Crippen LogP contribution in [0, 0.1) is 0 Å². The summed E-state index contributed by atoms with van der Waals surface area (Å²) in [5, 5.41) is 2.46. The third-order valence-corrected chi connectivity index (χ3v) is 2.29. The molecule has 5 nitrogen and oxygen atoms in total. The van der Waals surface area contributed by atoms with Gasteiger partial charge in [-0.1, -0.05) is 13.3 Å². The minimum atomic E-state index is -0.635. The Kier molecular flexibility index (Phi) is 4.39. The molecule has 15 heavy (non-hydrogen) atoms. The molecular formula is C10H17NO4. The third-order valence-electron chi connectivity index (χ3n) is 2.29. The Morgan fingerprint density at radius 2 is 2.27 bits per heavy atom. The molecule has 0 aromatic heterocycles. The summed E-state index contributed by atoms with van der Waals surface area (Å²) < 4.78 is 9.84. The quantitative estimate of drug-likeness (QED) is 0.700. The predicted molar refractivity (Wildman–Crippen MR) is 53.4 cm³/mol. The highest BCUT2D eigenvalue weighted by Gasteiger charge is 2.39. The Morgan fingerprint density at radius 3 is 2.87 bits per heavy atom. The molecular weight excluding hydrogens is 198 g/mol. The van der Waals surface area contributed by atoms with Crippen LogP contribution in [0.4, 0.5) is 4.79 Å². The van der Waals surface area contributed by atoms with Crippen molar-refractivity contribution in [3.63, 3.8) is 0 Å². The van der Waals surface area contributed by atoms with Crippen LogP contribution < -0.4 is 5.32 Å². The highest BCUT2D eigenvalue weighted by Crippen LogP contribution is 2.16. The van der Waals surface area contributed by atoms with E-state index in [-0.39, 0.29) is 6.10 Å². The molecule has 0 radical (unpaired) electrons. The van der Waals surface area contributed by atoms with Gasteiger partial charge in [0.1, 0.15) is 6.10 Å². The SMILES string of the molecule is CCCCC1OC(=O)NC1C(=O)OCC. The fourth-order valence-corrected chi connectivity index (χ4v) is 1.53. The molecule has 0 bridgehead atoms. The van der Waals surface area contributed by atoms with Gasteiger partial charge >= 0.3 is 12.1 Å². The van der Waals surface area contributed by atoms with Crippen LogP contribution in [0.1, 0.15) is 33.1 Å². The minimum Gasteiger partial charge on any atom is -0.464 e. The van der Waals surface area contributed by atoms with Gasteiger partial charge in [0.15, 0.2) is 6.04 Å². The van der Waals surface area contributed by atoms with Crippen molar-refractivity contribution in [2.24, 2.45) is 0 Å². The Labute approximate surface area is 89.1 Å². The second-order valence-electron chi connectivity index (χ2n) is 3.46. The van der Waals surface area contributed by atoms with E-state index in [0.29, 0.717) is 13.0 Å². The van der Waals surface area contributed by atoms with E-state index in [1.165, 1.54) is 0 Å². The molecule has 5 heteroatoms. The van der Waals surface area contributed by atoms with E-state index in [1.807, 2.05) is 6.92 Å². The number of hydrogen-bond donors (Lipinski definition) is 1. The molecule has 1 N–H and O–H groups in total. The fourth-order valence-electron chi connectivity index (χ4n) is 1.53. The Hall–Kier alpha value is -1.26. The number of nitrogens with one attached hydrogen (secondary N) is 1. The van der Waals surface area contributed by atoms with Gasteiger partial charge in [0, 0.05) is 0 Å². The number of cyclic esters (lactones) is 1. The first kappa shape index (κ1) is 11.8. The van der Waals surface area contributed by atoms with E-state index in [0.717, 1.165) is 12.8 Å². The molecule has 0 aromatic rings. The maximum atomic E-state index is 11.4. The Balaban J connectivity index is 2.52. The van der Waals surface area contributed by atoms with E-state index >= 15 is 0 Å². The Bertz CT molecular complexity index is 242. The number of hydrogen-bond acceptors (Lipinski definition) is 4. The molecule has 2 unspecified atom stereocenters. The lowest BCUT2D eigenvalue weighted by atomic mass is 10.1. The van der Waals surface area contributed by atoms with Crippen molar-refractivity contribution >= 4 is 12.1 Å². The first-order valence-electron chi connectivity index (χ1n) is 5.32. The second-order valence-corrected chi connectivity index (χ2v) is 3.46. The first-order chi connectivity index (χ1) is 7.19. The van der Waals surface area contributed by atoms with Crippen LogP contribution in [0.2, 0.25) is 0 Å². The van der Waals surface area contributed by atoms with Gasteiger partial charge in [-0.2, -0.15) is 0 Å². The molecule has 86 valence electrons. The molecule has 1 heterocycles. The van der Waals surface area contributed by atoms with E-state index in [2.05, 4.69) is 5.32 Å². The summed E-state index contributed by atoms with van der Waals surface area (Å²) in [7, 11) is 0. The number of alkyl carbamates (subject to hydrolysis) is 1. The third kappa shape index (κ3) is 3.11. The van der Waals surface area contributed by atoms with Crippen LogP contribution in [0.5, 0.6) is 0 Å². The predicted octanol–water partition coefficient (Wildman–Crippen LogP) is 1.22. The van der Waals surface area contributed by atoms with Crippen LogP contribution in [0.3, 0.4) is 0 Å². The number of unbranched alkanes of at least 4 members (excludes halogenated alkanes) is 1. The number of carbonyl (C=O) groups excluding carboxylic acids is 2. The number of rotatable bonds is 5. The summed E-state index contributed by atoms with van der Waals surface area (Å²) in [6.45, 7) is 4.09. The van der Waals surface area contributed by atoms with Gasteiger partial charge in [0.05, 0.1) is 6.61 Å². The minimum absolute atomic E-state index is 0.311. The van der Waals surface area contributed by atoms with E-state index in [9.17, 15) is 9.59 Å². The van der Waals surface area contributed by atoms with Gasteiger partial charge in [0.2, 0.25) is 0 Å². The zero-order chi connectivity index (χ0) is 11.3. The van der Waals surface area contributed by atoms with Gasteiger partial charge in [0.25, 0.3) is 0 Å². The van der Waals surface area contributed by atoms with Crippen molar-refractivity contribution < 1.29 is 19.1 Å². The van der Waals surface area contributed by atoms with Crippen LogP contribution in [0.15, 0.2) is 0 Å². The Morgan fingerprint density at radius 1 is 1.53 bits per heavy atom. The van der Waals surface area contributed by atoms with Gasteiger partial charge in [-0.25, -0.2) is 9.59 Å². The molecule has 1 saturated heterocycles. The van der Waals surface area contributed by atoms with Crippen LogP contribution >= 0.6 is 0 Å². The maximum Gasteiger partial charge on any atom is 0.408 e. The molecule has 1 fully saturated rings. The average molecular weight is 215 g/mol. The topological polar surface area (TPSA) is 64.6 Å². The standard InChI is InChI=1S/C10H17NO4/c1-3-5-6-7-8(9(12)14-4-2)11-10(13)15-7/h7-8H,3-6H2,1-2H3,(H,11,13). The number of ether oxygens (including phenoxy) is 2. The van der Waals surface area contributed by atoms with E-state index in [4.69, 9.17) is 9.47 Å². The lowest BCUT2D eigenvalue weighted by Crippen LogP contribution is -2.40. The van der Waals surface area contributed by atoms with Crippen LogP contribution in [0.25, 0.3) is 0 Å². The molecule has 0 saturated carbocycles. The summed E-state index contributed by atoms with van der Waals surface area (Å²) in [4.78, 5) is 22.4. The molecule has 1 aliphatic rings. The summed E-state index contributed by atoms with van der Waals surface area (Å²) in [5.41, 5.74) is 0. The zero-order valence-corrected chi connectivity index (χ0v) is 9.12. The van der Waals surface area contributed by atoms with Gasteiger partial charge in [-0.3, -0.25) is 0 Å². The van der Waals surface area contributed by atoms with Crippen LogP contribution in [-0.4, -0.2) is 30.8 Å². The largest absolute Gasteiger partial charge is 0.464 e. The first-order valence-corrected chi connectivity index (χ1v) is 5.32. The van der Waals surface area contributed by atoms with Crippen LogP contribution in [-0.2, 0) is 14.3 Å². The number of carbonyl (C=O) groups is 2. The van der Waals surface area contributed by atoms with Crippen molar-refractivity contribution in [2.75, 3.05) is 6.61 Å². The van der Waals surface area contributed by atoms with Crippen molar-refractivity contribution in [1.82, 2.24) is 5.32 Å². The average Bonchev–Trinajstić information content (AvgIpc) is 2.57. The maximum absolute atomic E-state index is 11.4.